The summed E-state index contributed by atoms with van der Waals surface area (Å²) >= 11 is 0. The molecule has 5 rings (SSSR count). The molecule has 0 radical (unpaired) electrons. The highest BCUT2D eigenvalue weighted by atomic mass is 16.2. The number of fused-ring (bicyclic) bond motifs is 1. The fourth-order valence-corrected chi connectivity index (χ4v) is 4.49. The van der Waals surface area contributed by atoms with Crippen LogP contribution in [0.4, 0.5) is 11.4 Å². The maximum Gasteiger partial charge on any atom is 0.257 e. The Labute approximate surface area is 213 Å². The summed E-state index contributed by atoms with van der Waals surface area (Å²) in [6, 6.07) is 8.62. The normalized spacial score (nSPS) is 14.0. The van der Waals surface area contributed by atoms with Gasteiger partial charge in [0.05, 0.1) is 35.4 Å². The van der Waals surface area contributed by atoms with Crippen LogP contribution >= 0.6 is 0 Å². The summed E-state index contributed by atoms with van der Waals surface area (Å²) in [5, 5.41) is 6.54. The maximum absolute atomic E-state index is 13.0. The number of aromatic nitrogens is 4. The van der Waals surface area contributed by atoms with Gasteiger partial charge in [0.15, 0.2) is 0 Å². The van der Waals surface area contributed by atoms with Gasteiger partial charge in [0, 0.05) is 42.2 Å². The lowest BCUT2D eigenvalue weighted by molar-refractivity contribution is -0.117. The number of aryl methyl sites for hydroxylation is 2. The minimum absolute atomic E-state index is 0.0904. The van der Waals surface area contributed by atoms with Crippen LogP contribution < -0.4 is 16.2 Å². The Bertz CT molecular complexity index is 1530. The number of nitrogens with one attached hydrogen (secondary N) is 3. The molecule has 10 nitrogen and oxygen atoms in total. The number of rotatable bonds is 6. The predicted molar refractivity (Wildman–Crippen MR) is 143 cm³/mol. The van der Waals surface area contributed by atoms with Gasteiger partial charge in [-0.3, -0.25) is 24.3 Å². The summed E-state index contributed by atoms with van der Waals surface area (Å²) in [5.74, 6) is -0.429. The van der Waals surface area contributed by atoms with E-state index in [0.29, 0.717) is 34.8 Å². The summed E-state index contributed by atoms with van der Waals surface area (Å²) in [6.07, 6.45) is 8.29. The molecule has 1 aliphatic rings. The van der Waals surface area contributed by atoms with Crippen LogP contribution in [0.15, 0.2) is 53.7 Å². The molecule has 0 unspecified atom stereocenters. The van der Waals surface area contributed by atoms with Gasteiger partial charge in [-0.05, 0) is 57.1 Å². The van der Waals surface area contributed by atoms with Crippen molar-refractivity contribution in [2.45, 2.75) is 26.2 Å². The van der Waals surface area contributed by atoms with Crippen LogP contribution in [0, 0.1) is 6.92 Å². The molecular formula is C27H29N7O3. The van der Waals surface area contributed by atoms with Gasteiger partial charge in [-0.2, -0.15) is 0 Å². The Morgan fingerprint density at radius 2 is 1.84 bits per heavy atom. The average Bonchev–Trinajstić information content (AvgIpc) is 3.32. The predicted octanol–water partition coefficient (Wildman–Crippen LogP) is 3.31. The number of carbonyl (C=O) groups is 2. The van der Waals surface area contributed by atoms with Crippen molar-refractivity contribution in [2.75, 3.05) is 30.3 Å². The van der Waals surface area contributed by atoms with Crippen LogP contribution in [0.5, 0.6) is 0 Å². The van der Waals surface area contributed by atoms with E-state index in [1.807, 2.05) is 6.07 Å². The molecule has 5 heterocycles. The molecule has 2 amide bonds. The number of likely N-dealkylation sites (tertiary alicyclic amines) is 1. The van der Waals surface area contributed by atoms with Crippen molar-refractivity contribution in [3.63, 3.8) is 0 Å². The third-order valence-electron chi connectivity index (χ3n) is 6.56. The quantitative estimate of drug-likeness (QED) is 0.374. The number of H-pyrrole nitrogens is 1. The first-order valence-electron chi connectivity index (χ1n) is 12.3. The molecule has 1 fully saturated rings. The van der Waals surface area contributed by atoms with E-state index in [4.69, 9.17) is 0 Å². The summed E-state index contributed by atoms with van der Waals surface area (Å²) in [7, 11) is 1.70. The number of aromatic amines is 1. The van der Waals surface area contributed by atoms with Gasteiger partial charge in [-0.15, -0.1) is 0 Å². The molecule has 1 aliphatic heterocycles. The zero-order valence-corrected chi connectivity index (χ0v) is 20.9. The number of nitrogens with zero attached hydrogens (tertiary/aromatic N) is 4. The Balaban J connectivity index is 1.30. The number of hydrogen-bond acceptors (Lipinski definition) is 6. The van der Waals surface area contributed by atoms with Crippen LogP contribution in [-0.4, -0.2) is 55.9 Å². The number of amides is 2. The minimum Gasteiger partial charge on any atom is -0.339 e. The van der Waals surface area contributed by atoms with Crippen molar-refractivity contribution in [1.29, 1.82) is 0 Å². The zero-order chi connectivity index (χ0) is 25.9. The van der Waals surface area contributed by atoms with E-state index < -0.39 is 0 Å². The number of pyridine rings is 3. The molecule has 0 atom stereocenters. The standard InChI is InChI=1S/C27H29N7O3/c1-17-22(12-21(14-28-17)30-24(35)16-34-8-4-3-5-9-34)32-27(37)20-10-19-11-23(31-26(19)29-13-20)18-6-7-25(36)33(2)15-18/h6-7,10-15H,3-5,8-9,16H2,1-2H3,(H,29,31)(H,30,35)(H,32,37). The Morgan fingerprint density at radius 1 is 1.03 bits per heavy atom. The maximum atomic E-state index is 13.0. The Kier molecular flexibility index (Phi) is 6.82. The fourth-order valence-electron chi connectivity index (χ4n) is 4.49. The van der Waals surface area contributed by atoms with Gasteiger partial charge in [0.2, 0.25) is 11.5 Å². The van der Waals surface area contributed by atoms with Gasteiger partial charge >= 0.3 is 0 Å². The molecular weight excluding hydrogens is 470 g/mol. The molecule has 4 aromatic rings. The van der Waals surface area contributed by atoms with E-state index in [2.05, 4.69) is 30.5 Å². The molecule has 3 N–H and O–H groups in total. The molecule has 0 spiro atoms. The first-order chi connectivity index (χ1) is 17.9. The lowest BCUT2D eigenvalue weighted by atomic mass is 10.1. The van der Waals surface area contributed by atoms with Crippen molar-refractivity contribution < 1.29 is 9.59 Å². The van der Waals surface area contributed by atoms with Gasteiger partial charge in [0.25, 0.3) is 5.91 Å². The monoisotopic (exact) mass is 499 g/mol. The van der Waals surface area contributed by atoms with Crippen molar-refractivity contribution in [2.24, 2.45) is 7.05 Å². The van der Waals surface area contributed by atoms with Crippen LogP contribution in [0.1, 0.15) is 35.3 Å². The van der Waals surface area contributed by atoms with E-state index in [1.165, 1.54) is 23.3 Å². The highest BCUT2D eigenvalue weighted by molar-refractivity contribution is 6.06. The van der Waals surface area contributed by atoms with Gasteiger partial charge in [0.1, 0.15) is 5.65 Å². The average molecular weight is 500 g/mol. The lowest BCUT2D eigenvalue weighted by Gasteiger charge is -2.25. The highest BCUT2D eigenvalue weighted by Gasteiger charge is 2.16. The van der Waals surface area contributed by atoms with E-state index >= 15 is 0 Å². The molecule has 37 heavy (non-hydrogen) atoms. The fraction of sp³-hybridized carbons (Fsp3) is 0.296. The van der Waals surface area contributed by atoms with Crippen LogP contribution in [0.2, 0.25) is 0 Å². The molecule has 0 aliphatic carbocycles. The second-order valence-electron chi connectivity index (χ2n) is 9.41. The summed E-state index contributed by atoms with van der Waals surface area (Å²) in [4.78, 5) is 51.3. The lowest BCUT2D eigenvalue weighted by Crippen LogP contribution is -2.36. The smallest absolute Gasteiger partial charge is 0.257 e. The Morgan fingerprint density at radius 3 is 2.62 bits per heavy atom. The molecule has 10 heteroatoms. The highest BCUT2D eigenvalue weighted by Crippen LogP contribution is 2.24. The van der Waals surface area contributed by atoms with E-state index in [0.717, 1.165) is 42.6 Å². The van der Waals surface area contributed by atoms with E-state index in [1.54, 1.807) is 44.6 Å². The van der Waals surface area contributed by atoms with Crippen molar-refractivity contribution in [1.82, 2.24) is 24.4 Å². The molecule has 0 aromatic carbocycles. The second-order valence-corrected chi connectivity index (χ2v) is 9.41. The minimum atomic E-state index is -0.332. The zero-order valence-electron chi connectivity index (χ0n) is 20.9. The van der Waals surface area contributed by atoms with Gasteiger partial charge in [-0.1, -0.05) is 6.42 Å². The van der Waals surface area contributed by atoms with Crippen LogP contribution in [-0.2, 0) is 11.8 Å². The van der Waals surface area contributed by atoms with Gasteiger partial charge < -0.3 is 20.2 Å². The van der Waals surface area contributed by atoms with Crippen molar-refractivity contribution in [3.05, 3.63) is 70.5 Å². The molecule has 0 saturated carbocycles. The number of hydrogen-bond donors (Lipinski definition) is 3. The summed E-state index contributed by atoms with van der Waals surface area (Å²) < 4.78 is 1.51. The van der Waals surface area contributed by atoms with Crippen molar-refractivity contribution >= 4 is 34.2 Å². The first-order valence-corrected chi connectivity index (χ1v) is 12.3. The first kappa shape index (κ1) is 24.4. The molecule has 1 saturated heterocycles. The third kappa shape index (κ3) is 5.59. The number of anilines is 2. The summed E-state index contributed by atoms with van der Waals surface area (Å²) in [5.41, 5.74) is 4.25. The largest absolute Gasteiger partial charge is 0.339 e. The SMILES string of the molecule is Cc1ncc(NC(=O)CN2CCCCC2)cc1NC(=O)c1cnc2[nH]c(-c3ccc(=O)n(C)c3)cc2c1. The summed E-state index contributed by atoms with van der Waals surface area (Å²) in [6.45, 7) is 4.01. The second kappa shape index (κ2) is 10.4. The number of carbonyl (C=O) groups excluding carboxylic acids is 2. The molecule has 190 valence electrons. The van der Waals surface area contributed by atoms with Crippen molar-refractivity contribution in [3.8, 4) is 11.3 Å². The van der Waals surface area contributed by atoms with E-state index in [9.17, 15) is 14.4 Å². The molecule has 4 aromatic heterocycles. The van der Waals surface area contributed by atoms with E-state index in [-0.39, 0.29) is 17.4 Å². The van der Waals surface area contributed by atoms with Crippen LogP contribution in [0.25, 0.3) is 22.3 Å². The van der Waals surface area contributed by atoms with Gasteiger partial charge in [-0.25, -0.2) is 4.98 Å². The number of piperidine rings is 1. The Hall–Kier alpha value is -4.31. The molecule has 0 bridgehead atoms. The van der Waals surface area contributed by atoms with Crippen LogP contribution in [0.3, 0.4) is 0 Å². The topological polar surface area (TPSA) is 125 Å². The third-order valence-corrected chi connectivity index (χ3v) is 6.56.